The van der Waals surface area contributed by atoms with Crippen molar-refractivity contribution in [2.75, 3.05) is 26.2 Å². The Morgan fingerprint density at radius 1 is 1.04 bits per heavy atom. The van der Waals surface area contributed by atoms with Gasteiger partial charge in [0.2, 0.25) is 0 Å². The van der Waals surface area contributed by atoms with Gasteiger partial charge in [0.05, 0.1) is 5.56 Å². The number of benzene rings is 1. The monoisotopic (exact) mass is 358 g/mol. The van der Waals surface area contributed by atoms with Crippen LogP contribution in [0, 0.1) is 5.82 Å². The number of nitrogens with zero attached hydrogens (tertiary/aromatic N) is 1. The van der Waals surface area contributed by atoms with Crippen LogP contribution in [0.2, 0.25) is 0 Å². The molecule has 1 fully saturated rings. The van der Waals surface area contributed by atoms with Crippen LogP contribution in [-0.4, -0.2) is 37.3 Å². The van der Waals surface area contributed by atoms with Crippen molar-refractivity contribution in [2.24, 2.45) is 0 Å². The predicted molar refractivity (Wildman–Crippen MR) is 73.9 cm³/mol. The molecule has 1 aliphatic rings. The maximum absolute atomic E-state index is 13.3. The lowest BCUT2D eigenvalue weighted by Gasteiger charge is -2.36. The third kappa shape index (κ3) is 5.07. The van der Waals surface area contributed by atoms with Gasteiger partial charge in [-0.1, -0.05) is 6.07 Å². The smallest absolute Gasteiger partial charge is 0.314 e. The molecule has 2 nitrogen and oxygen atoms in total. The maximum Gasteiger partial charge on any atom is 0.416 e. The quantitative estimate of drug-likeness (QED) is 0.814. The average molecular weight is 358 g/mol. The first-order valence-electron chi connectivity index (χ1n) is 7.46. The number of piperazine rings is 1. The SMILES string of the molecule is Fc1ccc([C@H](CCC(F)(F)F)N2CCNCC2)c(C(F)(F)F)c1. The summed E-state index contributed by atoms with van der Waals surface area (Å²) in [6.07, 6.45) is -11.0. The van der Waals surface area contributed by atoms with E-state index in [-0.39, 0.29) is 5.56 Å². The van der Waals surface area contributed by atoms with Gasteiger partial charge in [0.15, 0.2) is 0 Å². The summed E-state index contributed by atoms with van der Waals surface area (Å²) in [5.74, 6) is -1.07. The highest BCUT2D eigenvalue weighted by Crippen LogP contribution is 2.39. The normalized spacial score (nSPS) is 18.6. The summed E-state index contributed by atoms with van der Waals surface area (Å²) in [6.45, 7) is 1.62. The molecule has 1 saturated heterocycles. The molecule has 1 N–H and O–H groups in total. The van der Waals surface area contributed by atoms with E-state index in [0.29, 0.717) is 32.2 Å². The first kappa shape index (κ1) is 19.0. The van der Waals surface area contributed by atoms with Crippen molar-refractivity contribution in [2.45, 2.75) is 31.2 Å². The second kappa shape index (κ2) is 7.26. The summed E-state index contributed by atoms with van der Waals surface area (Å²) in [5, 5.41) is 3.00. The van der Waals surface area contributed by atoms with Crippen LogP contribution in [0.25, 0.3) is 0 Å². The molecule has 0 aliphatic carbocycles. The van der Waals surface area contributed by atoms with Crippen LogP contribution < -0.4 is 5.32 Å². The minimum atomic E-state index is -4.83. The van der Waals surface area contributed by atoms with Gasteiger partial charge in [-0.3, -0.25) is 4.90 Å². The third-order valence-corrected chi connectivity index (χ3v) is 3.97. The zero-order chi connectivity index (χ0) is 18.0. The Labute approximate surface area is 134 Å². The summed E-state index contributed by atoms with van der Waals surface area (Å²) in [6, 6.07) is 1.08. The van der Waals surface area contributed by atoms with Crippen molar-refractivity contribution in [1.82, 2.24) is 10.2 Å². The first-order chi connectivity index (χ1) is 11.1. The Hall–Kier alpha value is -1.35. The molecule has 0 radical (unpaired) electrons. The Bertz CT molecular complexity index is 548. The zero-order valence-corrected chi connectivity index (χ0v) is 12.6. The van der Waals surface area contributed by atoms with Crippen molar-refractivity contribution >= 4 is 0 Å². The van der Waals surface area contributed by atoms with E-state index in [2.05, 4.69) is 5.32 Å². The molecule has 1 aromatic rings. The molecule has 0 amide bonds. The van der Waals surface area contributed by atoms with E-state index in [9.17, 15) is 30.7 Å². The highest BCUT2D eigenvalue weighted by Gasteiger charge is 2.38. The zero-order valence-electron chi connectivity index (χ0n) is 12.6. The second-order valence-electron chi connectivity index (χ2n) is 5.68. The maximum atomic E-state index is 13.3. The Morgan fingerprint density at radius 3 is 2.21 bits per heavy atom. The molecule has 1 heterocycles. The molecule has 1 atom stereocenters. The van der Waals surface area contributed by atoms with Crippen LogP contribution in [0.3, 0.4) is 0 Å². The molecule has 0 saturated carbocycles. The number of hydrogen-bond donors (Lipinski definition) is 1. The topological polar surface area (TPSA) is 15.3 Å². The van der Waals surface area contributed by atoms with Crippen molar-refractivity contribution in [3.05, 3.63) is 35.1 Å². The molecule has 1 aliphatic heterocycles. The van der Waals surface area contributed by atoms with Gasteiger partial charge in [-0.15, -0.1) is 0 Å². The van der Waals surface area contributed by atoms with Crippen molar-refractivity contribution in [3.8, 4) is 0 Å². The van der Waals surface area contributed by atoms with E-state index >= 15 is 0 Å². The molecular weight excluding hydrogens is 341 g/mol. The lowest BCUT2D eigenvalue weighted by Crippen LogP contribution is -2.45. The average Bonchev–Trinajstić information content (AvgIpc) is 2.47. The van der Waals surface area contributed by atoms with Crippen LogP contribution in [0.1, 0.15) is 30.0 Å². The molecule has 2 rings (SSSR count). The molecule has 1 aromatic carbocycles. The number of rotatable bonds is 4. The molecule has 136 valence electrons. The largest absolute Gasteiger partial charge is 0.416 e. The molecule has 0 unspecified atom stereocenters. The van der Waals surface area contributed by atoms with Gasteiger partial charge in [-0.05, 0) is 24.1 Å². The van der Waals surface area contributed by atoms with E-state index < -0.39 is 42.6 Å². The van der Waals surface area contributed by atoms with Gasteiger partial charge in [0, 0.05) is 38.6 Å². The minimum absolute atomic E-state index is 0.310. The van der Waals surface area contributed by atoms with Gasteiger partial charge < -0.3 is 5.32 Å². The molecular formula is C15H17F7N2. The van der Waals surface area contributed by atoms with Crippen LogP contribution in [0.15, 0.2) is 18.2 Å². The fourth-order valence-corrected chi connectivity index (χ4v) is 2.89. The Balaban J connectivity index is 2.38. The Morgan fingerprint density at radius 2 is 1.67 bits per heavy atom. The molecule has 0 bridgehead atoms. The lowest BCUT2D eigenvalue weighted by molar-refractivity contribution is -0.141. The van der Waals surface area contributed by atoms with Crippen LogP contribution in [0.4, 0.5) is 30.7 Å². The highest BCUT2D eigenvalue weighted by atomic mass is 19.4. The standard InChI is InChI=1S/C15H17F7N2/c16-10-1-2-11(12(9-10)15(20,21)22)13(3-4-14(17,18)19)24-7-5-23-6-8-24/h1-2,9,13,23H,3-8H2/t13-/m0/s1. The van der Waals surface area contributed by atoms with E-state index in [1.54, 1.807) is 4.90 Å². The van der Waals surface area contributed by atoms with E-state index in [1.165, 1.54) is 0 Å². The van der Waals surface area contributed by atoms with Crippen molar-refractivity contribution in [1.29, 1.82) is 0 Å². The van der Waals surface area contributed by atoms with E-state index in [4.69, 9.17) is 0 Å². The van der Waals surface area contributed by atoms with Gasteiger partial charge >= 0.3 is 12.4 Å². The van der Waals surface area contributed by atoms with Crippen LogP contribution >= 0.6 is 0 Å². The van der Waals surface area contributed by atoms with E-state index in [0.717, 1.165) is 12.1 Å². The van der Waals surface area contributed by atoms with Gasteiger partial charge in [-0.2, -0.15) is 26.3 Å². The summed E-state index contributed by atoms with van der Waals surface area (Å²) < 4.78 is 90.6. The summed E-state index contributed by atoms with van der Waals surface area (Å²) in [5.41, 5.74) is -1.52. The lowest BCUT2D eigenvalue weighted by atomic mass is 9.94. The third-order valence-electron chi connectivity index (χ3n) is 3.97. The molecule has 24 heavy (non-hydrogen) atoms. The van der Waals surface area contributed by atoms with Gasteiger partial charge in [0.25, 0.3) is 0 Å². The number of hydrogen-bond acceptors (Lipinski definition) is 2. The predicted octanol–water partition coefficient (Wildman–Crippen LogP) is 4.13. The number of alkyl halides is 6. The molecule has 0 aromatic heterocycles. The number of halogens is 7. The summed E-state index contributed by atoms with van der Waals surface area (Å²) >= 11 is 0. The fraction of sp³-hybridized carbons (Fsp3) is 0.600. The Kier molecular flexibility index (Phi) is 5.74. The minimum Gasteiger partial charge on any atom is -0.314 e. The van der Waals surface area contributed by atoms with Crippen LogP contribution in [0.5, 0.6) is 0 Å². The summed E-state index contributed by atoms with van der Waals surface area (Å²) in [7, 11) is 0. The molecule has 0 spiro atoms. The van der Waals surface area contributed by atoms with Gasteiger partial charge in [-0.25, -0.2) is 4.39 Å². The van der Waals surface area contributed by atoms with E-state index in [1.807, 2.05) is 0 Å². The first-order valence-corrected chi connectivity index (χ1v) is 7.46. The number of nitrogens with one attached hydrogen (secondary N) is 1. The van der Waals surface area contributed by atoms with Crippen molar-refractivity contribution < 1.29 is 30.7 Å². The highest BCUT2D eigenvalue weighted by molar-refractivity contribution is 5.33. The van der Waals surface area contributed by atoms with Gasteiger partial charge in [0.1, 0.15) is 5.82 Å². The van der Waals surface area contributed by atoms with Crippen molar-refractivity contribution in [3.63, 3.8) is 0 Å². The molecule has 9 heteroatoms. The fourth-order valence-electron chi connectivity index (χ4n) is 2.89. The second-order valence-corrected chi connectivity index (χ2v) is 5.68. The van der Waals surface area contributed by atoms with Crippen LogP contribution in [-0.2, 0) is 6.18 Å². The summed E-state index contributed by atoms with van der Waals surface area (Å²) in [4.78, 5) is 1.59.